The van der Waals surface area contributed by atoms with Gasteiger partial charge in [-0.25, -0.2) is 0 Å². The van der Waals surface area contributed by atoms with E-state index in [0.29, 0.717) is 16.9 Å². The van der Waals surface area contributed by atoms with Crippen molar-refractivity contribution in [2.24, 2.45) is 0 Å². The van der Waals surface area contributed by atoms with Crippen molar-refractivity contribution in [3.05, 3.63) is 47.8 Å². The first-order chi connectivity index (χ1) is 13.2. The quantitative estimate of drug-likeness (QED) is 0.869. The molecule has 4 rings (SSSR count). The maximum atomic E-state index is 12.7. The Balaban J connectivity index is 1.48. The molecular weight excluding hydrogens is 342 g/mol. The molecule has 142 valence electrons. The highest BCUT2D eigenvalue weighted by Gasteiger charge is 2.23. The Bertz CT molecular complexity index is 819. The van der Waals surface area contributed by atoms with Crippen LogP contribution in [0, 0.1) is 0 Å². The fourth-order valence-corrected chi connectivity index (χ4v) is 3.78. The summed E-state index contributed by atoms with van der Waals surface area (Å²) in [7, 11) is 0. The van der Waals surface area contributed by atoms with Crippen LogP contribution in [0.4, 0.5) is 5.69 Å². The lowest BCUT2D eigenvalue weighted by Crippen LogP contribution is -2.32. The zero-order chi connectivity index (χ0) is 18.6. The molecule has 2 aliphatic heterocycles. The number of hydrogen-bond acceptors (Lipinski definition) is 4. The molecule has 7 nitrogen and oxygen atoms in total. The highest BCUT2D eigenvalue weighted by molar-refractivity contribution is 6.08. The van der Waals surface area contributed by atoms with Gasteiger partial charge < -0.3 is 15.5 Å². The largest absolute Gasteiger partial charge is 0.339 e. The van der Waals surface area contributed by atoms with Crippen molar-refractivity contribution in [2.45, 2.75) is 31.7 Å². The Morgan fingerprint density at radius 1 is 1.11 bits per heavy atom. The third kappa shape index (κ3) is 3.88. The molecule has 2 N–H and O–H groups in total. The number of carbonyl (C=O) groups excluding carboxylic acids is 2. The van der Waals surface area contributed by atoms with Gasteiger partial charge >= 0.3 is 0 Å². The van der Waals surface area contributed by atoms with Gasteiger partial charge in [0.25, 0.3) is 11.8 Å². The van der Waals surface area contributed by atoms with E-state index in [0.717, 1.165) is 51.9 Å². The molecule has 1 aromatic heterocycles. The van der Waals surface area contributed by atoms with Gasteiger partial charge in [-0.3, -0.25) is 14.3 Å². The lowest BCUT2D eigenvalue weighted by Gasteiger charge is -2.22. The Labute approximate surface area is 158 Å². The summed E-state index contributed by atoms with van der Waals surface area (Å²) in [5.41, 5.74) is 1.43. The van der Waals surface area contributed by atoms with E-state index in [1.54, 1.807) is 18.2 Å². The summed E-state index contributed by atoms with van der Waals surface area (Å²) in [6, 6.07) is 9.19. The van der Waals surface area contributed by atoms with E-state index >= 15 is 0 Å². The molecule has 0 saturated carbocycles. The number of nitrogens with one attached hydrogen (secondary N) is 2. The monoisotopic (exact) mass is 367 g/mol. The number of rotatable bonds is 4. The topological polar surface area (TPSA) is 79.3 Å². The molecule has 0 aliphatic carbocycles. The van der Waals surface area contributed by atoms with Crippen molar-refractivity contribution in [3.8, 4) is 0 Å². The van der Waals surface area contributed by atoms with Gasteiger partial charge in [-0.1, -0.05) is 12.1 Å². The van der Waals surface area contributed by atoms with E-state index in [1.165, 1.54) is 0 Å². The molecule has 2 aromatic rings. The van der Waals surface area contributed by atoms with Gasteiger partial charge in [0.2, 0.25) is 0 Å². The molecule has 7 heteroatoms. The molecule has 0 radical (unpaired) electrons. The highest BCUT2D eigenvalue weighted by atomic mass is 16.2. The van der Waals surface area contributed by atoms with Crippen LogP contribution >= 0.6 is 0 Å². The standard InChI is InChI=1S/C20H25N5O2/c26-19(18-9-13-25(23-18)15-6-5-10-21-14-15)22-17-8-2-1-7-16(17)20(27)24-11-3-4-12-24/h1-2,7-9,13,15,21H,3-6,10-12,14H2,(H,22,26). The summed E-state index contributed by atoms with van der Waals surface area (Å²) in [4.78, 5) is 27.3. The van der Waals surface area contributed by atoms with Crippen LogP contribution in [-0.4, -0.2) is 52.7 Å². The minimum Gasteiger partial charge on any atom is -0.339 e. The minimum absolute atomic E-state index is 0.0257. The number of anilines is 1. The summed E-state index contributed by atoms with van der Waals surface area (Å²) in [5.74, 6) is -0.318. The lowest BCUT2D eigenvalue weighted by atomic mass is 10.1. The number of nitrogens with zero attached hydrogens (tertiary/aromatic N) is 3. The molecule has 2 fully saturated rings. The first-order valence-corrected chi connectivity index (χ1v) is 9.68. The van der Waals surface area contributed by atoms with Crippen molar-refractivity contribution in [1.29, 1.82) is 0 Å². The van der Waals surface area contributed by atoms with Crippen molar-refractivity contribution in [1.82, 2.24) is 20.0 Å². The molecule has 1 unspecified atom stereocenters. The molecule has 2 aliphatic rings. The Morgan fingerprint density at radius 2 is 1.93 bits per heavy atom. The van der Waals surface area contributed by atoms with Crippen LogP contribution in [0.25, 0.3) is 0 Å². The van der Waals surface area contributed by atoms with Crippen LogP contribution in [0.2, 0.25) is 0 Å². The Kier molecular flexibility index (Phi) is 5.20. The second kappa shape index (κ2) is 7.92. The number of carbonyl (C=O) groups is 2. The first kappa shape index (κ1) is 17.7. The minimum atomic E-state index is -0.292. The zero-order valence-electron chi connectivity index (χ0n) is 15.4. The van der Waals surface area contributed by atoms with E-state index < -0.39 is 0 Å². The second-order valence-corrected chi connectivity index (χ2v) is 7.18. The van der Waals surface area contributed by atoms with Crippen LogP contribution in [-0.2, 0) is 0 Å². The molecular formula is C20H25N5O2. The number of para-hydroxylation sites is 1. The second-order valence-electron chi connectivity index (χ2n) is 7.18. The van der Waals surface area contributed by atoms with Gasteiger partial charge in [0.1, 0.15) is 0 Å². The Morgan fingerprint density at radius 3 is 2.70 bits per heavy atom. The third-order valence-electron chi connectivity index (χ3n) is 5.28. The van der Waals surface area contributed by atoms with Gasteiger partial charge in [-0.15, -0.1) is 0 Å². The number of piperidine rings is 1. The maximum absolute atomic E-state index is 12.7. The maximum Gasteiger partial charge on any atom is 0.276 e. The van der Waals surface area contributed by atoms with E-state index in [9.17, 15) is 9.59 Å². The summed E-state index contributed by atoms with van der Waals surface area (Å²) >= 11 is 0. The Hall–Kier alpha value is -2.67. The summed E-state index contributed by atoms with van der Waals surface area (Å²) in [5, 5.41) is 10.7. The average Bonchev–Trinajstić information content (AvgIpc) is 3.41. The van der Waals surface area contributed by atoms with Crippen LogP contribution in [0.1, 0.15) is 52.6 Å². The van der Waals surface area contributed by atoms with E-state index in [4.69, 9.17) is 0 Å². The molecule has 0 bridgehead atoms. The van der Waals surface area contributed by atoms with Crippen molar-refractivity contribution in [2.75, 3.05) is 31.5 Å². The molecule has 2 amide bonds. The lowest BCUT2D eigenvalue weighted by molar-refractivity contribution is 0.0794. The predicted molar refractivity (Wildman–Crippen MR) is 103 cm³/mol. The molecule has 27 heavy (non-hydrogen) atoms. The fraction of sp³-hybridized carbons (Fsp3) is 0.450. The van der Waals surface area contributed by atoms with Crippen LogP contribution in [0.15, 0.2) is 36.5 Å². The smallest absolute Gasteiger partial charge is 0.276 e. The van der Waals surface area contributed by atoms with Gasteiger partial charge in [0, 0.05) is 25.8 Å². The average molecular weight is 367 g/mol. The van der Waals surface area contributed by atoms with Crippen molar-refractivity contribution in [3.63, 3.8) is 0 Å². The van der Waals surface area contributed by atoms with E-state index in [1.807, 2.05) is 27.9 Å². The highest BCUT2D eigenvalue weighted by Crippen LogP contribution is 2.21. The molecule has 1 atom stereocenters. The SMILES string of the molecule is O=C(Nc1ccccc1C(=O)N1CCCC1)c1ccn(C2CCCNC2)n1. The molecule has 1 aromatic carbocycles. The van der Waals surface area contributed by atoms with Gasteiger partial charge in [0.05, 0.1) is 17.3 Å². The molecule has 0 spiro atoms. The third-order valence-corrected chi connectivity index (χ3v) is 5.28. The van der Waals surface area contributed by atoms with Crippen LogP contribution < -0.4 is 10.6 Å². The van der Waals surface area contributed by atoms with E-state index in [2.05, 4.69) is 15.7 Å². The van der Waals surface area contributed by atoms with Gasteiger partial charge in [0.15, 0.2) is 5.69 Å². The van der Waals surface area contributed by atoms with E-state index in [-0.39, 0.29) is 17.9 Å². The summed E-state index contributed by atoms with van der Waals surface area (Å²) < 4.78 is 1.86. The number of likely N-dealkylation sites (tertiary alicyclic amines) is 1. The van der Waals surface area contributed by atoms with Crippen LogP contribution in [0.3, 0.4) is 0 Å². The van der Waals surface area contributed by atoms with Gasteiger partial charge in [-0.05, 0) is 50.4 Å². The zero-order valence-corrected chi connectivity index (χ0v) is 15.4. The summed E-state index contributed by atoms with van der Waals surface area (Å²) in [6.45, 7) is 3.46. The number of hydrogen-bond donors (Lipinski definition) is 2. The van der Waals surface area contributed by atoms with Crippen molar-refractivity contribution >= 4 is 17.5 Å². The fourth-order valence-electron chi connectivity index (χ4n) is 3.78. The first-order valence-electron chi connectivity index (χ1n) is 9.68. The summed E-state index contributed by atoms with van der Waals surface area (Å²) in [6.07, 6.45) is 6.09. The normalized spacial score (nSPS) is 19.9. The van der Waals surface area contributed by atoms with Crippen molar-refractivity contribution < 1.29 is 9.59 Å². The van der Waals surface area contributed by atoms with Gasteiger partial charge in [-0.2, -0.15) is 5.10 Å². The molecule has 3 heterocycles. The number of amides is 2. The van der Waals surface area contributed by atoms with Crippen LogP contribution in [0.5, 0.6) is 0 Å². The number of benzene rings is 1. The molecule has 2 saturated heterocycles. The number of aromatic nitrogens is 2. The predicted octanol–water partition coefficient (Wildman–Crippen LogP) is 2.30.